The number of aliphatic hydroxyl groups is 4. The van der Waals surface area contributed by atoms with Crippen molar-refractivity contribution in [3.63, 3.8) is 0 Å². The van der Waals surface area contributed by atoms with E-state index < -0.39 is 160 Å². The predicted octanol–water partition coefficient (Wildman–Crippen LogP) is -3.88. The van der Waals surface area contributed by atoms with Gasteiger partial charge in [0.15, 0.2) is 43.5 Å². The molecule has 0 amide bonds. The van der Waals surface area contributed by atoms with E-state index in [2.05, 4.69) is 0 Å². The Kier molecular flexibility index (Phi) is 17.5. The van der Waals surface area contributed by atoms with Gasteiger partial charge in [-0.2, -0.15) is 0 Å². The number of rotatable bonds is 17. The summed E-state index contributed by atoms with van der Waals surface area (Å²) >= 11 is 0. The second kappa shape index (κ2) is 21.2. The third kappa shape index (κ3) is 10.4. The molecule has 4 aliphatic rings. The summed E-state index contributed by atoms with van der Waals surface area (Å²) in [6.07, 6.45) is -29.7. The minimum atomic E-state index is -2.02. The zero-order valence-electron chi connectivity index (χ0n) is 33.0. The second-order valence-corrected chi connectivity index (χ2v) is 13.8. The van der Waals surface area contributed by atoms with Gasteiger partial charge in [0.25, 0.3) is 0 Å². The maximum atomic E-state index is 12.8. The summed E-state index contributed by atoms with van der Waals surface area (Å²) < 4.78 is 79.3. The SMILES string of the molecule is COC1C(OC)[C@H](O[C@H]2O[C@@H](COC(C)=O)[C@@H](O[C@@H]3OC(C(=O)O)[C@@H](C)[C@H](OC)C3OC)C(OC(C)=O)C2O)[C@H](C(=O)O)O[C@H]1O[C@@H]1C(CO)O[C@@H](OC)C(O)[C@H]1O. The first kappa shape index (κ1) is 47.9. The number of carboxylic acid groups (broad SMARTS) is 2. The van der Waals surface area contributed by atoms with Gasteiger partial charge in [-0.15, -0.1) is 0 Å². The number of esters is 2. The molecule has 0 aromatic rings. The highest BCUT2D eigenvalue weighted by molar-refractivity contribution is 5.73. The van der Waals surface area contributed by atoms with Crippen LogP contribution in [0.25, 0.3) is 0 Å². The summed E-state index contributed by atoms with van der Waals surface area (Å²) in [5.74, 6) is -5.49. The van der Waals surface area contributed by atoms with Crippen molar-refractivity contribution in [3.8, 4) is 0 Å². The van der Waals surface area contributed by atoms with Crippen LogP contribution in [0, 0.1) is 5.92 Å². The molecule has 0 aromatic heterocycles. The number of ether oxygens (including phenoxy) is 14. The lowest BCUT2D eigenvalue weighted by atomic mass is 9.90. The summed E-state index contributed by atoms with van der Waals surface area (Å²) in [5, 5.41) is 63.4. The first-order valence-corrected chi connectivity index (χ1v) is 18.1. The number of methoxy groups -OCH3 is 5. The van der Waals surface area contributed by atoms with E-state index in [1.165, 1.54) is 35.5 Å². The van der Waals surface area contributed by atoms with Crippen molar-refractivity contribution in [2.45, 2.75) is 137 Å². The molecular weight excluding hydrogens is 792 g/mol. The largest absolute Gasteiger partial charge is 0.479 e. The Morgan fingerprint density at radius 1 is 0.517 bits per heavy atom. The van der Waals surface area contributed by atoms with Gasteiger partial charge in [0, 0.05) is 55.3 Å². The van der Waals surface area contributed by atoms with E-state index >= 15 is 0 Å². The van der Waals surface area contributed by atoms with Gasteiger partial charge in [-0.1, -0.05) is 6.92 Å². The molecule has 24 heteroatoms. The summed E-state index contributed by atoms with van der Waals surface area (Å²) in [6.45, 7) is 2.29. The van der Waals surface area contributed by atoms with Crippen LogP contribution in [0.2, 0.25) is 0 Å². The van der Waals surface area contributed by atoms with E-state index in [9.17, 15) is 49.8 Å². The summed E-state index contributed by atoms with van der Waals surface area (Å²) in [5.41, 5.74) is 0. The van der Waals surface area contributed by atoms with Gasteiger partial charge in [-0.05, 0) is 0 Å². The number of carbonyl (C=O) groups is 4. The molecule has 334 valence electrons. The number of carboxylic acids is 2. The molecule has 4 fully saturated rings. The number of aliphatic hydroxyl groups excluding tert-OH is 4. The number of aliphatic carboxylic acids is 2. The van der Waals surface area contributed by atoms with E-state index in [0.29, 0.717) is 0 Å². The molecule has 0 bridgehead atoms. The molecular formula is C34H54O24. The first-order valence-electron chi connectivity index (χ1n) is 18.1. The summed E-state index contributed by atoms with van der Waals surface area (Å²) in [7, 11) is 6.16. The third-order valence-corrected chi connectivity index (χ3v) is 10.2. The molecule has 6 N–H and O–H groups in total. The molecule has 20 atom stereocenters. The Hall–Kier alpha value is -2.76. The van der Waals surface area contributed by atoms with Crippen LogP contribution in [0.5, 0.6) is 0 Å². The lowest BCUT2D eigenvalue weighted by molar-refractivity contribution is -0.385. The van der Waals surface area contributed by atoms with Crippen molar-refractivity contribution in [1.29, 1.82) is 0 Å². The standard InChI is InChI=1S/C34H54O24/c1-11-19(45-4)27(47-6)33(54-20(11)29(41)42)56-22-15(10-50-12(2)36)53-32(18(40)23(22)51-13(3)37)57-25-24(46-5)28(48-7)34(58-26(25)30(43)44)55-21-14(9-35)52-31(49-8)17(39)16(21)38/h11,14-28,31-35,38-40H,9-10H2,1-8H3,(H,41,42)(H,43,44)/t11-,14?,15-,16+,17?,18?,19-,20?,21+,22+,23?,24?,25-,26+,27?,28?,31+,32+,33-,34+/m0/s1. The van der Waals surface area contributed by atoms with Crippen molar-refractivity contribution >= 4 is 23.9 Å². The van der Waals surface area contributed by atoms with Crippen LogP contribution in [0.3, 0.4) is 0 Å². The first-order chi connectivity index (χ1) is 27.5. The molecule has 8 unspecified atom stereocenters. The Balaban J connectivity index is 1.67. The van der Waals surface area contributed by atoms with Crippen LogP contribution in [-0.4, -0.2) is 220 Å². The molecule has 0 saturated carbocycles. The smallest absolute Gasteiger partial charge is 0.335 e. The van der Waals surface area contributed by atoms with Crippen LogP contribution >= 0.6 is 0 Å². The van der Waals surface area contributed by atoms with Crippen LogP contribution in [0.1, 0.15) is 20.8 Å². The maximum absolute atomic E-state index is 12.8. The van der Waals surface area contributed by atoms with Crippen LogP contribution < -0.4 is 0 Å². The van der Waals surface area contributed by atoms with Gasteiger partial charge in [-0.3, -0.25) is 9.59 Å². The van der Waals surface area contributed by atoms with Crippen molar-refractivity contribution in [2.75, 3.05) is 48.8 Å². The van der Waals surface area contributed by atoms with Gasteiger partial charge < -0.3 is 97.0 Å². The Morgan fingerprint density at radius 3 is 1.53 bits per heavy atom. The van der Waals surface area contributed by atoms with Crippen molar-refractivity contribution in [3.05, 3.63) is 0 Å². The van der Waals surface area contributed by atoms with E-state index in [1.807, 2.05) is 0 Å². The highest BCUT2D eigenvalue weighted by Gasteiger charge is 2.58. The Morgan fingerprint density at radius 2 is 1.03 bits per heavy atom. The van der Waals surface area contributed by atoms with Crippen molar-refractivity contribution in [2.24, 2.45) is 5.92 Å². The molecule has 58 heavy (non-hydrogen) atoms. The molecule has 4 aliphatic heterocycles. The molecule has 0 aromatic carbocycles. The molecule has 0 radical (unpaired) electrons. The quantitative estimate of drug-likeness (QED) is 0.0763. The van der Waals surface area contributed by atoms with Crippen LogP contribution in [-0.2, 0) is 85.5 Å². The minimum Gasteiger partial charge on any atom is -0.479 e. The predicted molar refractivity (Wildman–Crippen MR) is 181 cm³/mol. The molecule has 24 nitrogen and oxygen atoms in total. The molecule has 0 spiro atoms. The van der Waals surface area contributed by atoms with Crippen molar-refractivity contribution in [1.82, 2.24) is 0 Å². The van der Waals surface area contributed by atoms with Gasteiger partial charge >= 0.3 is 23.9 Å². The number of carbonyl (C=O) groups excluding carboxylic acids is 2. The van der Waals surface area contributed by atoms with Gasteiger partial charge in [0.2, 0.25) is 0 Å². The number of hydrogen-bond acceptors (Lipinski definition) is 22. The average Bonchev–Trinajstić information content (AvgIpc) is 3.18. The van der Waals surface area contributed by atoms with E-state index in [4.69, 9.17) is 66.3 Å². The lowest BCUT2D eigenvalue weighted by Crippen LogP contribution is -2.68. The van der Waals surface area contributed by atoms with Crippen LogP contribution in [0.15, 0.2) is 0 Å². The van der Waals surface area contributed by atoms with E-state index in [-0.39, 0.29) is 0 Å². The fourth-order valence-corrected chi connectivity index (χ4v) is 7.45. The fraction of sp³-hybridized carbons (Fsp3) is 0.882. The molecule has 4 rings (SSSR count). The molecule has 4 heterocycles. The van der Waals surface area contributed by atoms with Gasteiger partial charge in [-0.25, -0.2) is 9.59 Å². The van der Waals surface area contributed by atoms with Gasteiger partial charge in [0.1, 0.15) is 73.8 Å². The number of hydrogen-bond donors (Lipinski definition) is 6. The second-order valence-electron chi connectivity index (χ2n) is 13.8. The average molecular weight is 847 g/mol. The Bertz CT molecular complexity index is 1370. The van der Waals surface area contributed by atoms with E-state index in [1.54, 1.807) is 6.92 Å². The lowest BCUT2D eigenvalue weighted by Gasteiger charge is -2.50. The normalized spacial score (nSPS) is 43.3. The van der Waals surface area contributed by atoms with Crippen molar-refractivity contribution < 1.29 is 116 Å². The fourth-order valence-electron chi connectivity index (χ4n) is 7.45. The monoisotopic (exact) mass is 846 g/mol. The zero-order chi connectivity index (χ0) is 43.2. The summed E-state index contributed by atoms with van der Waals surface area (Å²) in [6, 6.07) is 0. The zero-order valence-corrected chi connectivity index (χ0v) is 33.0. The minimum absolute atomic E-state index is 0.636. The Labute approximate surface area is 332 Å². The molecule has 0 aliphatic carbocycles. The highest BCUT2D eigenvalue weighted by Crippen LogP contribution is 2.38. The summed E-state index contributed by atoms with van der Waals surface area (Å²) in [4.78, 5) is 49.4. The maximum Gasteiger partial charge on any atom is 0.335 e. The van der Waals surface area contributed by atoms with Gasteiger partial charge in [0.05, 0.1) is 12.7 Å². The third-order valence-electron chi connectivity index (χ3n) is 10.2. The highest BCUT2D eigenvalue weighted by atomic mass is 16.8. The van der Waals surface area contributed by atoms with Crippen LogP contribution in [0.4, 0.5) is 0 Å². The molecule has 4 saturated heterocycles. The van der Waals surface area contributed by atoms with E-state index in [0.717, 1.165) is 13.8 Å². The topological polar surface area (TPSA) is 319 Å².